The number of benzene rings is 1. The summed E-state index contributed by atoms with van der Waals surface area (Å²) >= 11 is 13.8. The average Bonchev–Trinajstić information content (AvgIpc) is 3.06. The van der Waals surface area contributed by atoms with E-state index >= 15 is 0 Å². The molecule has 2 heterocycles. The van der Waals surface area contributed by atoms with E-state index in [1.165, 1.54) is 6.92 Å². The molecular formula is C16H18Cl2N4OS. The summed E-state index contributed by atoms with van der Waals surface area (Å²) in [7, 11) is 0. The molecule has 0 unspecified atom stereocenters. The molecule has 0 bridgehead atoms. The number of fused-ring (bicyclic) bond motifs is 1. The minimum Gasteiger partial charge on any atom is -0.356 e. The van der Waals surface area contributed by atoms with Crippen LogP contribution in [0.4, 0.5) is 5.82 Å². The van der Waals surface area contributed by atoms with Crippen LogP contribution in [0.1, 0.15) is 19.8 Å². The maximum Gasteiger partial charge on any atom is 0.216 e. The van der Waals surface area contributed by atoms with E-state index in [1.807, 2.05) is 0 Å². The van der Waals surface area contributed by atoms with Gasteiger partial charge in [0.25, 0.3) is 0 Å². The van der Waals surface area contributed by atoms with Gasteiger partial charge >= 0.3 is 0 Å². The van der Waals surface area contributed by atoms with Crippen LogP contribution in [0, 0.1) is 0 Å². The smallest absolute Gasteiger partial charge is 0.216 e. The molecule has 128 valence electrons. The summed E-state index contributed by atoms with van der Waals surface area (Å²) in [4.78, 5) is 22.8. The first-order chi connectivity index (χ1) is 11.5. The fraction of sp³-hybridized carbons (Fsp3) is 0.438. The van der Waals surface area contributed by atoms with Crippen LogP contribution in [0.2, 0.25) is 10.0 Å². The van der Waals surface area contributed by atoms with E-state index in [-0.39, 0.29) is 5.91 Å². The lowest BCUT2D eigenvalue weighted by atomic mass is 10.3. The van der Waals surface area contributed by atoms with Crippen molar-refractivity contribution in [2.75, 3.05) is 30.3 Å². The third-order valence-corrected chi connectivity index (χ3v) is 5.46. The number of amides is 1. The molecule has 0 atom stereocenters. The number of aromatic nitrogens is 2. The second kappa shape index (κ2) is 7.76. The number of nitrogens with one attached hydrogen (secondary N) is 1. The lowest BCUT2D eigenvalue weighted by Crippen LogP contribution is -2.23. The Kier molecular flexibility index (Phi) is 5.69. The maximum atomic E-state index is 11.0. The number of rotatable bonds is 5. The van der Waals surface area contributed by atoms with Crippen molar-refractivity contribution in [2.24, 2.45) is 0 Å². The van der Waals surface area contributed by atoms with Crippen molar-refractivity contribution in [1.29, 1.82) is 0 Å². The largest absolute Gasteiger partial charge is 0.356 e. The fourth-order valence-corrected chi connectivity index (χ4v) is 3.81. The number of nitrogens with zero attached hydrogens (tertiary/aromatic N) is 3. The molecule has 2 aromatic rings. The van der Waals surface area contributed by atoms with E-state index < -0.39 is 0 Å². The first-order valence-electron chi connectivity index (χ1n) is 7.83. The molecule has 0 spiro atoms. The topological polar surface area (TPSA) is 58.1 Å². The Morgan fingerprint density at radius 3 is 2.46 bits per heavy atom. The van der Waals surface area contributed by atoms with Crippen molar-refractivity contribution in [3.05, 3.63) is 22.2 Å². The normalized spacial score (nSPS) is 14.4. The summed E-state index contributed by atoms with van der Waals surface area (Å²) in [5.41, 5.74) is 1.48. The number of carbonyl (C=O) groups is 1. The summed E-state index contributed by atoms with van der Waals surface area (Å²) in [6.45, 7) is 4.09. The zero-order chi connectivity index (χ0) is 17.1. The molecule has 1 saturated heterocycles. The first-order valence-corrected chi connectivity index (χ1v) is 9.58. The monoisotopic (exact) mass is 384 g/mol. The molecule has 1 aliphatic rings. The molecular weight excluding hydrogens is 367 g/mol. The molecule has 1 amide bonds. The number of halogens is 2. The van der Waals surface area contributed by atoms with Gasteiger partial charge in [0, 0.05) is 32.3 Å². The van der Waals surface area contributed by atoms with E-state index in [4.69, 9.17) is 33.2 Å². The van der Waals surface area contributed by atoms with Crippen LogP contribution >= 0.6 is 35.0 Å². The first kappa shape index (κ1) is 17.6. The lowest BCUT2D eigenvalue weighted by Gasteiger charge is -2.20. The SMILES string of the molecule is CC(=O)NCCSc1nc2cc(Cl)c(Cl)cc2nc1N1CCCC1. The number of hydrogen-bond donors (Lipinski definition) is 1. The van der Waals surface area contributed by atoms with Gasteiger partial charge in [0.1, 0.15) is 5.03 Å². The highest BCUT2D eigenvalue weighted by Gasteiger charge is 2.20. The number of hydrogen-bond acceptors (Lipinski definition) is 5. The van der Waals surface area contributed by atoms with Crippen molar-refractivity contribution in [2.45, 2.75) is 24.8 Å². The zero-order valence-corrected chi connectivity index (χ0v) is 15.6. The molecule has 8 heteroatoms. The van der Waals surface area contributed by atoms with E-state index in [9.17, 15) is 4.79 Å². The van der Waals surface area contributed by atoms with Gasteiger partial charge in [-0.15, -0.1) is 11.8 Å². The fourth-order valence-electron chi connectivity index (χ4n) is 2.63. The molecule has 0 aliphatic carbocycles. The van der Waals surface area contributed by atoms with E-state index in [1.54, 1.807) is 23.9 Å². The quantitative estimate of drug-likeness (QED) is 0.627. The Labute approximate surface area is 155 Å². The molecule has 3 rings (SSSR count). The van der Waals surface area contributed by atoms with Crippen LogP contribution in [0.15, 0.2) is 17.2 Å². The molecule has 1 fully saturated rings. The Hall–Kier alpha value is -1.24. The van der Waals surface area contributed by atoms with Crippen LogP contribution in [-0.2, 0) is 4.79 Å². The molecule has 0 radical (unpaired) electrons. The molecule has 1 aliphatic heterocycles. The molecule has 1 aromatic carbocycles. The highest BCUT2D eigenvalue weighted by molar-refractivity contribution is 7.99. The second-order valence-electron chi connectivity index (χ2n) is 5.63. The van der Waals surface area contributed by atoms with Gasteiger partial charge in [-0.1, -0.05) is 23.2 Å². The van der Waals surface area contributed by atoms with Gasteiger partial charge < -0.3 is 10.2 Å². The van der Waals surface area contributed by atoms with Crippen LogP contribution in [0.5, 0.6) is 0 Å². The van der Waals surface area contributed by atoms with Gasteiger partial charge in [-0.2, -0.15) is 0 Å². The Bertz CT molecular complexity index is 765. The standard InChI is InChI=1S/C16H18Cl2N4OS/c1-10(23)19-4-7-24-16-15(22-5-2-3-6-22)20-13-8-11(17)12(18)9-14(13)21-16/h8-9H,2-7H2,1H3,(H,19,23). The Morgan fingerprint density at radius 1 is 1.21 bits per heavy atom. The molecule has 5 nitrogen and oxygen atoms in total. The van der Waals surface area contributed by atoms with Crippen molar-refractivity contribution >= 4 is 57.7 Å². The van der Waals surface area contributed by atoms with Crippen LogP contribution in [0.3, 0.4) is 0 Å². The lowest BCUT2D eigenvalue weighted by molar-refractivity contribution is -0.118. The number of thioether (sulfide) groups is 1. The minimum absolute atomic E-state index is 0.0265. The summed E-state index contributed by atoms with van der Waals surface area (Å²) in [5, 5.41) is 4.62. The summed E-state index contributed by atoms with van der Waals surface area (Å²) in [6.07, 6.45) is 2.33. The van der Waals surface area contributed by atoms with Crippen LogP contribution in [-0.4, -0.2) is 41.3 Å². The van der Waals surface area contributed by atoms with Crippen molar-refractivity contribution < 1.29 is 4.79 Å². The van der Waals surface area contributed by atoms with Crippen molar-refractivity contribution in [3.63, 3.8) is 0 Å². The van der Waals surface area contributed by atoms with E-state index in [2.05, 4.69) is 10.2 Å². The zero-order valence-electron chi connectivity index (χ0n) is 13.3. The Morgan fingerprint density at radius 2 is 1.83 bits per heavy atom. The third-order valence-electron chi connectivity index (χ3n) is 3.78. The highest BCUT2D eigenvalue weighted by Crippen LogP contribution is 2.33. The van der Waals surface area contributed by atoms with Gasteiger partial charge in [-0.05, 0) is 25.0 Å². The predicted octanol–water partition coefficient (Wildman–Crippen LogP) is 3.77. The number of anilines is 1. The Balaban J connectivity index is 1.92. The van der Waals surface area contributed by atoms with Gasteiger partial charge in [-0.25, -0.2) is 9.97 Å². The summed E-state index contributed by atoms with van der Waals surface area (Å²) in [6, 6.07) is 3.51. The van der Waals surface area contributed by atoms with Gasteiger partial charge in [0.15, 0.2) is 5.82 Å². The highest BCUT2D eigenvalue weighted by atomic mass is 35.5. The molecule has 1 N–H and O–H groups in total. The second-order valence-corrected chi connectivity index (χ2v) is 7.53. The summed E-state index contributed by atoms with van der Waals surface area (Å²) in [5.74, 6) is 1.61. The van der Waals surface area contributed by atoms with Crippen molar-refractivity contribution in [3.8, 4) is 0 Å². The summed E-state index contributed by atoms with van der Waals surface area (Å²) < 4.78 is 0. The van der Waals surface area contributed by atoms with Gasteiger partial charge in [0.05, 0.1) is 21.1 Å². The molecule has 1 aromatic heterocycles. The minimum atomic E-state index is -0.0265. The van der Waals surface area contributed by atoms with Crippen LogP contribution < -0.4 is 10.2 Å². The predicted molar refractivity (Wildman–Crippen MR) is 100 cm³/mol. The molecule has 0 saturated carbocycles. The van der Waals surface area contributed by atoms with Crippen LogP contribution in [0.25, 0.3) is 11.0 Å². The van der Waals surface area contributed by atoms with Crippen molar-refractivity contribution in [1.82, 2.24) is 15.3 Å². The van der Waals surface area contributed by atoms with Gasteiger partial charge in [-0.3, -0.25) is 4.79 Å². The molecule has 24 heavy (non-hydrogen) atoms. The maximum absolute atomic E-state index is 11.0. The number of carbonyl (C=O) groups excluding carboxylic acids is 1. The van der Waals surface area contributed by atoms with Gasteiger partial charge in [0.2, 0.25) is 5.91 Å². The van der Waals surface area contributed by atoms with E-state index in [0.717, 1.165) is 53.6 Å². The van der Waals surface area contributed by atoms with E-state index in [0.29, 0.717) is 16.6 Å². The third kappa shape index (κ3) is 4.05. The average molecular weight is 385 g/mol.